The maximum absolute atomic E-state index is 10.6. The van der Waals surface area contributed by atoms with E-state index in [0.29, 0.717) is 12.5 Å². The van der Waals surface area contributed by atoms with Gasteiger partial charge in [0.25, 0.3) is 0 Å². The first-order valence-electron chi connectivity index (χ1n) is 6.61. The third kappa shape index (κ3) is 2.86. The summed E-state index contributed by atoms with van der Waals surface area (Å²) < 4.78 is 1.91. The topological polar surface area (TPSA) is 50.9 Å². The van der Waals surface area contributed by atoms with Crippen molar-refractivity contribution in [3.05, 3.63) is 12.2 Å². The lowest BCUT2D eigenvalue weighted by atomic mass is 9.78. The van der Waals surface area contributed by atoms with Crippen LogP contribution < -0.4 is 0 Å². The van der Waals surface area contributed by atoms with Gasteiger partial charge in [-0.3, -0.25) is 0 Å². The summed E-state index contributed by atoms with van der Waals surface area (Å²) in [7, 11) is 0. The Kier molecular flexibility index (Phi) is 3.52. The number of hydrogen-bond acceptors (Lipinski definition) is 3. The Bertz CT molecular complexity index is 364. The van der Waals surface area contributed by atoms with Crippen molar-refractivity contribution in [2.45, 2.75) is 64.5 Å². The van der Waals surface area contributed by atoms with E-state index >= 15 is 0 Å². The van der Waals surface area contributed by atoms with Crippen LogP contribution in [-0.4, -0.2) is 25.5 Å². The van der Waals surface area contributed by atoms with Crippen LogP contribution in [0, 0.1) is 5.92 Å². The average Bonchev–Trinajstić information content (AvgIpc) is 2.71. The second-order valence-electron chi connectivity index (χ2n) is 5.80. The summed E-state index contributed by atoms with van der Waals surface area (Å²) in [6.07, 6.45) is 6.24. The van der Waals surface area contributed by atoms with Gasteiger partial charge in [0.2, 0.25) is 0 Å². The Balaban J connectivity index is 2.07. The van der Waals surface area contributed by atoms with E-state index in [9.17, 15) is 5.11 Å². The highest BCUT2D eigenvalue weighted by atomic mass is 16.3. The first-order valence-corrected chi connectivity index (χ1v) is 6.61. The highest BCUT2D eigenvalue weighted by Gasteiger charge is 2.33. The molecule has 4 nitrogen and oxygen atoms in total. The summed E-state index contributed by atoms with van der Waals surface area (Å²) in [5.74, 6) is 1.66. The van der Waals surface area contributed by atoms with Crippen LogP contribution in [0.2, 0.25) is 0 Å². The number of aromatic nitrogens is 3. The summed E-state index contributed by atoms with van der Waals surface area (Å²) in [5, 5.41) is 14.8. The second-order valence-corrected chi connectivity index (χ2v) is 5.80. The zero-order valence-corrected chi connectivity index (χ0v) is 11.1. The highest BCUT2D eigenvalue weighted by Crippen LogP contribution is 2.34. The van der Waals surface area contributed by atoms with Crippen molar-refractivity contribution in [1.82, 2.24) is 14.8 Å². The zero-order valence-electron chi connectivity index (χ0n) is 11.1. The van der Waals surface area contributed by atoms with Gasteiger partial charge in [0.05, 0.1) is 5.60 Å². The first kappa shape index (κ1) is 12.6. The summed E-state index contributed by atoms with van der Waals surface area (Å²) in [6, 6.07) is 0.304. The van der Waals surface area contributed by atoms with Gasteiger partial charge in [-0.05, 0) is 45.4 Å². The second kappa shape index (κ2) is 4.77. The fourth-order valence-electron chi connectivity index (χ4n) is 2.60. The zero-order chi connectivity index (χ0) is 12.5. The van der Waals surface area contributed by atoms with Crippen LogP contribution in [0.15, 0.2) is 6.33 Å². The summed E-state index contributed by atoms with van der Waals surface area (Å²) >= 11 is 0. The van der Waals surface area contributed by atoms with E-state index in [2.05, 4.69) is 30.9 Å². The molecule has 96 valence electrons. The minimum Gasteiger partial charge on any atom is -0.389 e. The van der Waals surface area contributed by atoms with E-state index in [0.717, 1.165) is 37.4 Å². The Morgan fingerprint density at radius 3 is 2.71 bits per heavy atom. The highest BCUT2D eigenvalue weighted by molar-refractivity contribution is 4.97. The molecule has 1 aromatic heterocycles. The number of hydrogen-bond donors (Lipinski definition) is 1. The molecule has 0 spiro atoms. The lowest BCUT2D eigenvalue weighted by molar-refractivity contribution is -0.00927. The van der Waals surface area contributed by atoms with Gasteiger partial charge in [0, 0.05) is 12.5 Å². The molecule has 0 atom stereocenters. The first-order chi connectivity index (χ1) is 8.00. The Labute approximate surface area is 103 Å². The van der Waals surface area contributed by atoms with Crippen LogP contribution in [0.4, 0.5) is 0 Å². The van der Waals surface area contributed by atoms with Gasteiger partial charge in [0.1, 0.15) is 12.2 Å². The summed E-state index contributed by atoms with van der Waals surface area (Å²) in [4.78, 5) is 4.29. The molecule has 1 N–H and O–H groups in total. The molecule has 1 heterocycles. The average molecular weight is 237 g/mol. The molecule has 0 amide bonds. The molecule has 4 heteroatoms. The van der Waals surface area contributed by atoms with Gasteiger partial charge in [0.15, 0.2) is 0 Å². The van der Waals surface area contributed by atoms with Gasteiger partial charge < -0.3 is 5.11 Å². The fraction of sp³-hybridized carbons (Fsp3) is 0.846. The standard InChI is InChI=1S/C13H23N3O/c1-10(2)16-12(14-9-15-16)8-13(17)6-4-11(3)5-7-13/h9-11,17H,4-8H2,1-3H3. The van der Waals surface area contributed by atoms with Gasteiger partial charge in [-0.25, -0.2) is 9.67 Å². The van der Waals surface area contributed by atoms with Crippen LogP contribution in [0.3, 0.4) is 0 Å². The van der Waals surface area contributed by atoms with Gasteiger partial charge >= 0.3 is 0 Å². The Morgan fingerprint density at radius 1 is 1.47 bits per heavy atom. The molecule has 0 unspecified atom stereocenters. The molecule has 1 aliphatic carbocycles. The predicted octanol–water partition coefficient (Wildman–Crippen LogP) is 2.34. The van der Waals surface area contributed by atoms with Crippen molar-refractivity contribution in [1.29, 1.82) is 0 Å². The lowest BCUT2D eigenvalue weighted by Crippen LogP contribution is -2.37. The van der Waals surface area contributed by atoms with E-state index in [1.54, 1.807) is 6.33 Å². The van der Waals surface area contributed by atoms with Crippen molar-refractivity contribution in [3.8, 4) is 0 Å². The van der Waals surface area contributed by atoms with E-state index < -0.39 is 5.60 Å². The largest absolute Gasteiger partial charge is 0.389 e. The van der Waals surface area contributed by atoms with E-state index in [-0.39, 0.29) is 0 Å². The summed E-state index contributed by atoms with van der Waals surface area (Å²) in [6.45, 7) is 6.44. The van der Waals surface area contributed by atoms with Gasteiger partial charge in [-0.1, -0.05) is 6.92 Å². The molecule has 1 saturated carbocycles. The fourth-order valence-corrected chi connectivity index (χ4v) is 2.60. The molecule has 0 radical (unpaired) electrons. The van der Waals surface area contributed by atoms with E-state index in [1.807, 2.05) is 4.68 Å². The van der Waals surface area contributed by atoms with Crippen molar-refractivity contribution in [3.63, 3.8) is 0 Å². The summed E-state index contributed by atoms with van der Waals surface area (Å²) in [5.41, 5.74) is -0.563. The van der Waals surface area contributed by atoms with Crippen LogP contribution >= 0.6 is 0 Å². The van der Waals surface area contributed by atoms with E-state index in [1.165, 1.54) is 0 Å². The molecule has 0 saturated heterocycles. The normalized spacial score (nSPS) is 29.8. The van der Waals surface area contributed by atoms with Crippen molar-refractivity contribution >= 4 is 0 Å². The molecule has 0 aromatic carbocycles. The van der Waals surface area contributed by atoms with Crippen LogP contribution in [-0.2, 0) is 6.42 Å². The molecule has 1 fully saturated rings. The maximum Gasteiger partial charge on any atom is 0.138 e. The smallest absolute Gasteiger partial charge is 0.138 e. The molecule has 0 bridgehead atoms. The van der Waals surface area contributed by atoms with Gasteiger partial charge in [-0.2, -0.15) is 5.10 Å². The van der Waals surface area contributed by atoms with Crippen molar-refractivity contribution in [2.75, 3.05) is 0 Å². The number of aliphatic hydroxyl groups is 1. The predicted molar refractivity (Wildman–Crippen MR) is 66.7 cm³/mol. The lowest BCUT2D eigenvalue weighted by Gasteiger charge is -2.34. The van der Waals surface area contributed by atoms with Gasteiger partial charge in [-0.15, -0.1) is 0 Å². The van der Waals surface area contributed by atoms with E-state index in [4.69, 9.17) is 0 Å². The minimum atomic E-state index is -0.563. The molecule has 0 aliphatic heterocycles. The molecule has 1 aliphatic rings. The number of rotatable bonds is 3. The molecular weight excluding hydrogens is 214 g/mol. The van der Waals surface area contributed by atoms with Crippen LogP contribution in [0.5, 0.6) is 0 Å². The Morgan fingerprint density at radius 2 is 2.12 bits per heavy atom. The third-order valence-electron chi connectivity index (χ3n) is 3.83. The minimum absolute atomic E-state index is 0.304. The molecular formula is C13H23N3O. The van der Waals surface area contributed by atoms with Crippen LogP contribution in [0.25, 0.3) is 0 Å². The number of nitrogens with zero attached hydrogens (tertiary/aromatic N) is 3. The van der Waals surface area contributed by atoms with Crippen molar-refractivity contribution in [2.24, 2.45) is 5.92 Å². The maximum atomic E-state index is 10.6. The SMILES string of the molecule is CC1CCC(O)(Cc2ncnn2C(C)C)CC1. The Hall–Kier alpha value is -0.900. The third-order valence-corrected chi connectivity index (χ3v) is 3.83. The monoisotopic (exact) mass is 237 g/mol. The quantitative estimate of drug-likeness (QED) is 0.878. The van der Waals surface area contributed by atoms with Crippen LogP contribution in [0.1, 0.15) is 58.3 Å². The molecule has 1 aromatic rings. The van der Waals surface area contributed by atoms with Crippen molar-refractivity contribution < 1.29 is 5.11 Å². The molecule has 2 rings (SSSR count). The molecule has 17 heavy (non-hydrogen) atoms.